The summed E-state index contributed by atoms with van der Waals surface area (Å²) in [6.07, 6.45) is 2.77. The SMILES string of the molecule is CSCC[C@@H](N)C(=O)N(C)C. The Labute approximate surface area is 72.3 Å². The van der Waals surface area contributed by atoms with Crippen LogP contribution in [0.25, 0.3) is 0 Å². The predicted octanol–water partition coefficient (Wildman–Crippen LogP) is 0.155. The van der Waals surface area contributed by atoms with Crippen molar-refractivity contribution in [3.63, 3.8) is 0 Å². The number of nitrogens with zero attached hydrogens (tertiary/aromatic N) is 1. The van der Waals surface area contributed by atoms with E-state index in [0.29, 0.717) is 0 Å². The smallest absolute Gasteiger partial charge is 0.238 e. The number of nitrogens with two attached hydrogens (primary N) is 1. The first kappa shape index (κ1) is 10.8. The summed E-state index contributed by atoms with van der Waals surface area (Å²) in [6, 6.07) is -0.322. The summed E-state index contributed by atoms with van der Waals surface area (Å²) in [5.74, 6) is 0.958. The van der Waals surface area contributed by atoms with Crippen molar-refractivity contribution in [1.82, 2.24) is 4.90 Å². The Morgan fingerprint density at radius 3 is 2.55 bits per heavy atom. The fourth-order valence-corrected chi connectivity index (χ4v) is 1.19. The van der Waals surface area contributed by atoms with Gasteiger partial charge in [-0.25, -0.2) is 0 Å². The van der Waals surface area contributed by atoms with Crippen LogP contribution in [0.1, 0.15) is 6.42 Å². The van der Waals surface area contributed by atoms with Crippen LogP contribution in [0.5, 0.6) is 0 Å². The van der Waals surface area contributed by atoms with Gasteiger partial charge in [-0.05, 0) is 18.4 Å². The lowest BCUT2D eigenvalue weighted by Gasteiger charge is -2.15. The third kappa shape index (κ3) is 4.27. The van der Waals surface area contributed by atoms with Gasteiger partial charge in [0.2, 0.25) is 5.91 Å². The molecule has 0 fully saturated rings. The molecule has 2 N–H and O–H groups in total. The van der Waals surface area contributed by atoms with Gasteiger partial charge in [0.1, 0.15) is 0 Å². The number of hydrogen-bond acceptors (Lipinski definition) is 3. The highest BCUT2D eigenvalue weighted by Crippen LogP contribution is 2.00. The molecule has 1 atom stereocenters. The molecule has 0 unspecified atom stereocenters. The minimum atomic E-state index is -0.322. The molecule has 0 heterocycles. The maximum Gasteiger partial charge on any atom is 0.238 e. The zero-order valence-electron chi connectivity index (χ0n) is 7.33. The minimum absolute atomic E-state index is 0.0130. The van der Waals surface area contributed by atoms with Crippen LogP contribution in [0.15, 0.2) is 0 Å². The van der Waals surface area contributed by atoms with Gasteiger partial charge in [0, 0.05) is 14.1 Å². The van der Waals surface area contributed by atoms with Crippen LogP contribution in [0, 0.1) is 0 Å². The molecule has 0 radical (unpaired) electrons. The summed E-state index contributed by atoms with van der Waals surface area (Å²) in [6.45, 7) is 0. The number of hydrogen-bond donors (Lipinski definition) is 1. The topological polar surface area (TPSA) is 46.3 Å². The molecular weight excluding hydrogens is 160 g/mol. The van der Waals surface area contributed by atoms with Crippen molar-refractivity contribution in [2.75, 3.05) is 26.1 Å². The van der Waals surface area contributed by atoms with Crippen molar-refractivity contribution in [2.45, 2.75) is 12.5 Å². The fraction of sp³-hybridized carbons (Fsp3) is 0.857. The normalized spacial score (nSPS) is 12.7. The lowest BCUT2D eigenvalue weighted by Crippen LogP contribution is -2.40. The summed E-state index contributed by atoms with van der Waals surface area (Å²) in [5.41, 5.74) is 5.60. The molecule has 0 aromatic heterocycles. The maximum absolute atomic E-state index is 11.1. The molecule has 4 heteroatoms. The molecule has 0 spiro atoms. The molecule has 0 saturated heterocycles. The second-order valence-electron chi connectivity index (χ2n) is 2.62. The highest BCUT2D eigenvalue weighted by atomic mass is 32.2. The minimum Gasteiger partial charge on any atom is -0.347 e. The van der Waals surface area contributed by atoms with Crippen LogP contribution in [0.4, 0.5) is 0 Å². The van der Waals surface area contributed by atoms with Crippen LogP contribution in [0.2, 0.25) is 0 Å². The number of thioether (sulfide) groups is 1. The molecule has 1 amide bonds. The van der Waals surface area contributed by atoms with E-state index in [1.54, 1.807) is 25.9 Å². The second kappa shape index (κ2) is 5.43. The van der Waals surface area contributed by atoms with Crippen molar-refractivity contribution in [2.24, 2.45) is 5.73 Å². The fourth-order valence-electron chi connectivity index (χ4n) is 0.700. The number of carbonyl (C=O) groups is 1. The van der Waals surface area contributed by atoms with Gasteiger partial charge in [0.25, 0.3) is 0 Å². The first-order chi connectivity index (χ1) is 5.09. The number of rotatable bonds is 4. The molecule has 0 aromatic rings. The molecule has 0 aliphatic carbocycles. The van der Waals surface area contributed by atoms with Crippen LogP contribution < -0.4 is 5.73 Å². The molecule has 3 nitrogen and oxygen atoms in total. The quantitative estimate of drug-likeness (QED) is 0.663. The van der Waals surface area contributed by atoms with Gasteiger partial charge in [-0.1, -0.05) is 0 Å². The Bertz CT molecular complexity index is 128. The lowest BCUT2D eigenvalue weighted by molar-refractivity contribution is -0.130. The number of carbonyl (C=O) groups excluding carboxylic acids is 1. The molecular formula is C7H16N2OS. The van der Waals surface area contributed by atoms with E-state index in [2.05, 4.69) is 0 Å². The Kier molecular flexibility index (Phi) is 5.32. The molecule has 0 aromatic carbocycles. The van der Waals surface area contributed by atoms with Gasteiger partial charge in [-0.2, -0.15) is 11.8 Å². The van der Waals surface area contributed by atoms with E-state index in [-0.39, 0.29) is 11.9 Å². The Balaban J connectivity index is 3.64. The lowest BCUT2D eigenvalue weighted by atomic mass is 10.2. The summed E-state index contributed by atoms with van der Waals surface area (Å²) in [7, 11) is 3.45. The summed E-state index contributed by atoms with van der Waals surface area (Å²) < 4.78 is 0. The number of amides is 1. The predicted molar refractivity (Wildman–Crippen MR) is 49.7 cm³/mol. The maximum atomic E-state index is 11.1. The zero-order valence-corrected chi connectivity index (χ0v) is 8.15. The monoisotopic (exact) mass is 176 g/mol. The first-order valence-electron chi connectivity index (χ1n) is 3.55. The van der Waals surface area contributed by atoms with E-state index in [1.165, 1.54) is 4.90 Å². The van der Waals surface area contributed by atoms with Crippen molar-refractivity contribution >= 4 is 17.7 Å². The zero-order chi connectivity index (χ0) is 8.85. The first-order valence-corrected chi connectivity index (χ1v) is 4.94. The second-order valence-corrected chi connectivity index (χ2v) is 3.61. The van der Waals surface area contributed by atoms with Crippen LogP contribution in [-0.2, 0) is 4.79 Å². The Hall–Kier alpha value is -0.220. The molecule has 0 rings (SSSR count). The van der Waals surface area contributed by atoms with Crippen LogP contribution in [-0.4, -0.2) is 43.0 Å². The Morgan fingerprint density at radius 2 is 2.18 bits per heavy atom. The van der Waals surface area contributed by atoms with Gasteiger partial charge in [-0.3, -0.25) is 4.79 Å². The van der Waals surface area contributed by atoms with Crippen molar-refractivity contribution < 1.29 is 4.79 Å². The Morgan fingerprint density at radius 1 is 1.64 bits per heavy atom. The van der Waals surface area contributed by atoms with E-state index in [1.807, 2.05) is 6.26 Å². The van der Waals surface area contributed by atoms with Crippen molar-refractivity contribution in [3.05, 3.63) is 0 Å². The van der Waals surface area contributed by atoms with Crippen molar-refractivity contribution in [1.29, 1.82) is 0 Å². The van der Waals surface area contributed by atoms with Crippen LogP contribution in [0.3, 0.4) is 0 Å². The van der Waals surface area contributed by atoms with Gasteiger partial charge >= 0.3 is 0 Å². The number of likely N-dealkylation sites (N-methyl/N-ethyl adjacent to an activating group) is 1. The third-order valence-electron chi connectivity index (χ3n) is 1.39. The molecule has 0 bridgehead atoms. The van der Waals surface area contributed by atoms with Crippen LogP contribution >= 0.6 is 11.8 Å². The van der Waals surface area contributed by atoms with Gasteiger partial charge in [0.05, 0.1) is 6.04 Å². The summed E-state index contributed by atoms with van der Waals surface area (Å²) in [5, 5.41) is 0. The van der Waals surface area contributed by atoms with E-state index in [0.717, 1.165) is 12.2 Å². The van der Waals surface area contributed by atoms with E-state index in [4.69, 9.17) is 5.73 Å². The molecule has 66 valence electrons. The average molecular weight is 176 g/mol. The van der Waals surface area contributed by atoms with E-state index < -0.39 is 0 Å². The van der Waals surface area contributed by atoms with Crippen molar-refractivity contribution in [3.8, 4) is 0 Å². The van der Waals surface area contributed by atoms with E-state index >= 15 is 0 Å². The largest absolute Gasteiger partial charge is 0.347 e. The van der Waals surface area contributed by atoms with Gasteiger partial charge < -0.3 is 10.6 Å². The molecule has 0 saturated carbocycles. The van der Waals surface area contributed by atoms with E-state index in [9.17, 15) is 4.79 Å². The standard InChI is InChI=1S/C7H16N2OS/c1-9(2)7(10)6(8)4-5-11-3/h6H,4-5,8H2,1-3H3/t6-/m1/s1. The highest BCUT2D eigenvalue weighted by molar-refractivity contribution is 7.98. The summed E-state index contributed by atoms with van der Waals surface area (Å²) in [4.78, 5) is 12.7. The van der Waals surface area contributed by atoms with Gasteiger partial charge in [-0.15, -0.1) is 0 Å². The highest BCUT2D eigenvalue weighted by Gasteiger charge is 2.13. The molecule has 0 aliphatic heterocycles. The molecule has 11 heavy (non-hydrogen) atoms. The van der Waals surface area contributed by atoms with Gasteiger partial charge in [0.15, 0.2) is 0 Å². The average Bonchev–Trinajstić information content (AvgIpc) is 1.98. The summed E-state index contributed by atoms with van der Waals surface area (Å²) >= 11 is 1.71. The molecule has 0 aliphatic rings. The third-order valence-corrected chi connectivity index (χ3v) is 2.03.